The van der Waals surface area contributed by atoms with Crippen LogP contribution in [0.1, 0.15) is 52.0 Å². The van der Waals surface area contributed by atoms with Gasteiger partial charge in [0, 0.05) is 56.7 Å². The summed E-state index contributed by atoms with van der Waals surface area (Å²) in [6, 6.07) is 6.21. The maximum absolute atomic E-state index is 12.3. The Kier molecular flexibility index (Phi) is 9.82. The number of ether oxygens (including phenoxy) is 1. The van der Waals surface area contributed by atoms with Crippen molar-refractivity contribution in [1.29, 1.82) is 5.41 Å². The van der Waals surface area contributed by atoms with Crippen LogP contribution in [-0.4, -0.2) is 88.1 Å². The highest BCUT2D eigenvalue weighted by molar-refractivity contribution is 7.80. The molecule has 0 aromatic carbocycles. The Morgan fingerprint density at radius 3 is 2.64 bits per heavy atom. The lowest BCUT2D eigenvalue weighted by atomic mass is 10.1. The molecule has 0 atom stereocenters. The number of amides is 1. The first-order valence-corrected chi connectivity index (χ1v) is 14.2. The smallest absolute Gasteiger partial charge is 0.410 e. The van der Waals surface area contributed by atoms with Gasteiger partial charge in [0.2, 0.25) is 0 Å². The highest BCUT2D eigenvalue weighted by Gasteiger charge is 2.25. The van der Waals surface area contributed by atoms with E-state index in [0.29, 0.717) is 30.1 Å². The molecular formula is C28H41N8O2S+. The van der Waals surface area contributed by atoms with Crippen LogP contribution in [0.25, 0.3) is 16.6 Å². The topological polar surface area (TPSA) is 123 Å². The minimum absolute atomic E-state index is 0.239. The molecule has 2 aromatic rings. The summed E-state index contributed by atoms with van der Waals surface area (Å²) in [7, 11) is 0. The van der Waals surface area contributed by atoms with Crippen molar-refractivity contribution in [2.24, 2.45) is 0 Å². The molecule has 0 radical (unpaired) electrons. The second kappa shape index (κ2) is 13.3. The zero-order chi connectivity index (χ0) is 27.8. The second-order valence-electron chi connectivity index (χ2n) is 11.1. The SMILES string of the molecule is CC(C)(C)OC(=O)N1CCN(CC[NH2+]/C=C(\C=N)c2cnc3ccc(NC(=S)NC4CCCC4)nc3c2)CC1. The molecule has 2 aliphatic rings. The summed E-state index contributed by atoms with van der Waals surface area (Å²) in [5.74, 6) is 0.677. The Morgan fingerprint density at radius 1 is 1.21 bits per heavy atom. The van der Waals surface area contributed by atoms with Crippen molar-refractivity contribution in [2.75, 3.05) is 44.6 Å². The predicted molar refractivity (Wildman–Crippen MR) is 159 cm³/mol. The van der Waals surface area contributed by atoms with Crippen molar-refractivity contribution in [3.63, 3.8) is 0 Å². The van der Waals surface area contributed by atoms with Gasteiger partial charge in [-0.15, -0.1) is 0 Å². The number of pyridine rings is 2. The number of aromatic nitrogens is 2. The van der Waals surface area contributed by atoms with Crippen LogP contribution < -0.4 is 16.0 Å². The van der Waals surface area contributed by atoms with E-state index in [1.165, 1.54) is 19.1 Å². The number of thiocarbonyl (C=S) groups is 1. The zero-order valence-corrected chi connectivity index (χ0v) is 24.0. The number of nitrogens with one attached hydrogen (secondary N) is 3. The van der Waals surface area contributed by atoms with E-state index in [-0.39, 0.29) is 6.09 Å². The van der Waals surface area contributed by atoms with Crippen molar-refractivity contribution < 1.29 is 14.8 Å². The number of anilines is 1. The number of nitrogens with two attached hydrogens (primary N) is 1. The van der Waals surface area contributed by atoms with Gasteiger partial charge in [0.1, 0.15) is 17.6 Å². The molecule has 1 amide bonds. The number of allylic oxidation sites excluding steroid dienone is 1. The van der Waals surface area contributed by atoms with Gasteiger partial charge in [-0.05, 0) is 64.0 Å². The van der Waals surface area contributed by atoms with Gasteiger partial charge in [-0.1, -0.05) is 12.8 Å². The number of fused-ring (bicyclic) bond motifs is 1. The molecule has 210 valence electrons. The fraction of sp³-hybridized carbons (Fsp3) is 0.536. The van der Waals surface area contributed by atoms with Crippen molar-refractivity contribution in [2.45, 2.75) is 58.1 Å². The van der Waals surface area contributed by atoms with Gasteiger partial charge in [-0.25, -0.2) is 9.78 Å². The predicted octanol–water partition coefficient (Wildman–Crippen LogP) is 2.97. The summed E-state index contributed by atoms with van der Waals surface area (Å²) in [4.78, 5) is 25.6. The quantitative estimate of drug-likeness (QED) is 0.224. The molecule has 1 aliphatic carbocycles. The van der Waals surface area contributed by atoms with Gasteiger partial charge >= 0.3 is 6.09 Å². The maximum atomic E-state index is 12.3. The van der Waals surface area contributed by atoms with Crippen LogP contribution in [-0.2, 0) is 4.74 Å². The van der Waals surface area contributed by atoms with Crippen molar-refractivity contribution >= 4 is 52.1 Å². The van der Waals surface area contributed by atoms with Crippen LogP contribution in [0.4, 0.5) is 10.6 Å². The Hall–Kier alpha value is -3.15. The lowest BCUT2D eigenvalue weighted by molar-refractivity contribution is -0.586. The summed E-state index contributed by atoms with van der Waals surface area (Å²) < 4.78 is 5.48. The number of piperazine rings is 1. The summed E-state index contributed by atoms with van der Waals surface area (Å²) in [5, 5.41) is 17.2. The first-order valence-electron chi connectivity index (χ1n) is 13.8. The molecule has 10 nitrogen and oxygen atoms in total. The van der Waals surface area contributed by atoms with Gasteiger partial charge in [-0.3, -0.25) is 9.88 Å². The summed E-state index contributed by atoms with van der Waals surface area (Å²) in [5.41, 5.74) is 2.68. The molecule has 0 spiro atoms. The monoisotopic (exact) mass is 553 g/mol. The number of quaternary nitrogens is 1. The highest BCUT2D eigenvalue weighted by atomic mass is 32.1. The van der Waals surface area contributed by atoms with E-state index in [1.54, 1.807) is 11.1 Å². The third-order valence-corrected chi connectivity index (χ3v) is 7.11. The van der Waals surface area contributed by atoms with E-state index in [1.807, 2.05) is 45.2 Å². The molecule has 4 rings (SSSR count). The Morgan fingerprint density at radius 2 is 1.95 bits per heavy atom. The highest BCUT2D eigenvalue weighted by Crippen LogP contribution is 2.20. The lowest BCUT2D eigenvalue weighted by Crippen LogP contribution is -2.80. The van der Waals surface area contributed by atoms with Crippen LogP contribution in [0.5, 0.6) is 0 Å². The van der Waals surface area contributed by atoms with Gasteiger partial charge in [0.05, 0.1) is 23.2 Å². The molecular weight excluding hydrogens is 512 g/mol. The molecule has 1 aliphatic heterocycles. The molecule has 1 saturated carbocycles. The van der Waals surface area contributed by atoms with E-state index in [0.717, 1.165) is 61.2 Å². The number of carbonyl (C=O) groups excluding carboxylic acids is 1. The molecule has 0 unspecified atom stereocenters. The Bertz CT molecular complexity index is 1200. The van der Waals surface area contributed by atoms with Crippen molar-refractivity contribution in [1.82, 2.24) is 25.1 Å². The first kappa shape index (κ1) is 28.8. The van der Waals surface area contributed by atoms with Crippen LogP contribution in [0.3, 0.4) is 0 Å². The van der Waals surface area contributed by atoms with Gasteiger partial charge in [0.25, 0.3) is 0 Å². The fourth-order valence-electron chi connectivity index (χ4n) is 4.82. The molecule has 3 heterocycles. The Labute approximate surface area is 236 Å². The largest absolute Gasteiger partial charge is 0.444 e. The molecule has 0 bridgehead atoms. The maximum Gasteiger partial charge on any atom is 0.410 e. The first-order chi connectivity index (χ1) is 18.7. The van der Waals surface area contributed by atoms with Gasteiger partial charge < -0.3 is 31.0 Å². The molecule has 1 saturated heterocycles. The summed E-state index contributed by atoms with van der Waals surface area (Å²) >= 11 is 5.48. The van der Waals surface area contributed by atoms with Crippen LogP contribution in [0, 0.1) is 5.41 Å². The van der Waals surface area contributed by atoms with E-state index in [2.05, 4.69) is 25.8 Å². The van der Waals surface area contributed by atoms with Gasteiger partial charge in [0.15, 0.2) is 5.11 Å². The fourth-order valence-corrected chi connectivity index (χ4v) is 5.09. The number of nitrogens with zero attached hydrogens (tertiary/aromatic N) is 4. The third-order valence-electron chi connectivity index (χ3n) is 6.89. The Balaban J connectivity index is 1.28. The number of carbonyl (C=O) groups is 1. The van der Waals surface area contributed by atoms with Crippen molar-refractivity contribution in [3.8, 4) is 0 Å². The number of rotatable bonds is 8. The van der Waals surface area contributed by atoms with E-state index in [4.69, 9.17) is 27.3 Å². The molecule has 11 heteroatoms. The molecule has 39 heavy (non-hydrogen) atoms. The summed E-state index contributed by atoms with van der Waals surface area (Å²) in [6.45, 7) is 10.4. The van der Waals surface area contributed by atoms with E-state index < -0.39 is 5.60 Å². The van der Waals surface area contributed by atoms with Crippen LogP contribution >= 0.6 is 12.2 Å². The van der Waals surface area contributed by atoms with Crippen molar-refractivity contribution in [3.05, 3.63) is 36.2 Å². The number of hydrogen-bond acceptors (Lipinski definition) is 7. The van der Waals surface area contributed by atoms with Crippen LogP contribution in [0.15, 0.2) is 30.6 Å². The zero-order valence-electron chi connectivity index (χ0n) is 23.2. The average Bonchev–Trinajstić information content (AvgIpc) is 3.40. The van der Waals surface area contributed by atoms with Crippen LogP contribution in [0.2, 0.25) is 0 Å². The minimum Gasteiger partial charge on any atom is -0.444 e. The summed E-state index contributed by atoms with van der Waals surface area (Å²) in [6.07, 6.45) is 9.66. The standard InChI is InChI=1S/C28H40N8O2S/c1-28(2,3)38-27(37)36-14-12-35(13-15-36)11-10-30-18-21(17-29)20-16-24-23(31-19-20)8-9-25(33-24)34-26(39)32-22-6-4-5-7-22/h8-9,16-19,22,29-30H,4-7,10-15H2,1-3H3,(H2,32,33,34,39)/p+1/b21-18+,29-17?. The minimum atomic E-state index is -0.475. The van der Waals surface area contributed by atoms with E-state index in [9.17, 15) is 4.79 Å². The molecule has 2 fully saturated rings. The number of hydrogen-bond donors (Lipinski definition) is 4. The average molecular weight is 554 g/mol. The van der Waals surface area contributed by atoms with E-state index >= 15 is 0 Å². The van der Waals surface area contributed by atoms with Gasteiger partial charge in [-0.2, -0.15) is 0 Å². The normalized spacial score (nSPS) is 17.3. The molecule has 5 N–H and O–H groups in total. The second-order valence-corrected chi connectivity index (χ2v) is 11.5. The lowest BCUT2D eigenvalue weighted by Gasteiger charge is -2.35. The molecule has 2 aromatic heterocycles. The third kappa shape index (κ3) is 8.67.